The first-order valence-electron chi connectivity index (χ1n) is 10.0. The minimum Gasteiger partial charge on any atom is -0.465 e. The molecule has 34 heavy (non-hydrogen) atoms. The molecule has 0 saturated carbocycles. The van der Waals surface area contributed by atoms with E-state index < -0.39 is 24.1 Å². The van der Waals surface area contributed by atoms with Gasteiger partial charge in [-0.3, -0.25) is 14.8 Å². The van der Waals surface area contributed by atoms with Gasteiger partial charge in [0.25, 0.3) is 0 Å². The molecule has 4 heterocycles. The Morgan fingerprint density at radius 3 is 2.76 bits per heavy atom. The van der Waals surface area contributed by atoms with Gasteiger partial charge in [-0.1, -0.05) is 11.2 Å². The highest BCUT2D eigenvalue weighted by Crippen LogP contribution is 2.30. The predicted octanol–water partition coefficient (Wildman–Crippen LogP) is 4.04. The zero-order valence-electron chi connectivity index (χ0n) is 17.4. The number of benzene rings is 1. The summed E-state index contributed by atoms with van der Waals surface area (Å²) in [5.41, 5.74) is 1.68. The second-order valence-electron chi connectivity index (χ2n) is 7.33. The van der Waals surface area contributed by atoms with E-state index in [2.05, 4.69) is 19.6 Å². The molecule has 0 spiro atoms. The van der Waals surface area contributed by atoms with Gasteiger partial charge < -0.3 is 18.8 Å². The highest BCUT2D eigenvalue weighted by molar-refractivity contribution is 5.91. The fourth-order valence-corrected chi connectivity index (χ4v) is 3.59. The molecule has 1 aromatic carbocycles. The number of amides is 2. The zero-order valence-corrected chi connectivity index (χ0v) is 17.4. The van der Waals surface area contributed by atoms with Crippen molar-refractivity contribution in [2.45, 2.75) is 6.10 Å². The van der Waals surface area contributed by atoms with Crippen LogP contribution in [0.1, 0.15) is 0 Å². The smallest absolute Gasteiger partial charge is 0.414 e. The summed E-state index contributed by atoms with van der Waals surface area (Å²) in [7, 11) is 0. The first-order valence-corrected chi connectivity index (χ1v) is 10.0. The van der Waals surface area contributed by atoms with Crippen molar-refractivity contribution in [2.75, 3.05) is 22.9 Å². The van der Waals surface area contributed by atoms with Crippen molar-refractivity contribution in [3.05, 3.63) is 67.3 Å². The molecule has 3 aromatic heterocycles. The van der Waals surface area contributed by atoms with Gasteiger partial charge in [-0.15, -0.1) is 0 Å². The van der Waals surface area contributed by atoms with Crippen molar-refractivity contribution in [1.82, 2.24) is 15.1 Å². The SMILES string of the molecule is O=C1O[C@@H](CN(C(=O)O)c2ccon2)CN1c1ccc(-c2ccc(-c3cnco3)nc2)c(F)c1. The summed E-state index contributed by atoms with van der Waals surface area (Å²) in [6, 6.07) is 9.11. The van der Waals surface area contributed by atoms with Crippen LogP contribution in [0.15, 0.2) is 70.4 Å². The molecule has 1 aliphatic rings. The van der Waals surface area contributed by atoms with Gasteiger partial charge in [-0.25, -0.2) is 19.0 Å². The van der Waals surface area contributed by atoms with E-state index in [0.717, 1.165) is 4.90 Å². The standard InChI is InChI=1S/C22H16FN5O6/c23-17-7-14(2-3-16(17)13-1-4-18(25-8-13)19-9-24-12-32-19)27-10-15(34-22(27)31)11-28(21(29)30)20-5-6-33-26-20/h1-9,12,15H,10-11H2,(H,29,30)/t15-/m1/s1. The molecule has 0 bridgehead atoms. The van der Waals surface area contributed by atoms with Gasteiger partial charge in [0.1, 0.15) is 23.9 Å². The Balaban J connectivity index is 1.31. The number of carbonyl (C=O) groups excluding carboxylic acids is 1. The summed E-state index contributed by atoms with van der Waals surface area (Å²) in [5, 5.41) is 13.0. The van der Waals surface area contributed by atoms with E-state index in [4.69, 9.17) is 9.15 Å². The van der Waals surface area contributed by atoms with Crippen LogP contribution in [0.3, 0.4) is 0 Å². The van der Waals surface area contributed by atoms with Gasteiger partial charge in [0.15, 0.2) is 18.0 Å². The highest BCUT2D eigenvalue weighted by atomic mass is 19.1. The van der Waals surface area contributed by atoms with Crippen LogP contribution in [0, 0.1) is 5.82 Å². The summed E-state index contributed by atoms with van der Waals surface area (Å²) in [6.45, 7) is -0.124. The molecule has 1 atom stereocenters. The number of hydrogen-bond acceptors (Lipinski definition) is 8. The van der Waals surface area contributed by atoms with Crippen LogP contribution < -0.4 is 9.80 Å². The fraction of sp³-hybridized carbons (Fsp3) is 0.136. The Bertz CT molecular complexity index is 1310. The maximum absolute atomic E-state index is 14.9. The Hall–Kier alpha value is -4.74. The number of hydrogen-bond donors (Lipinski definition) is 1. The number of oxazole rings is 1. The molecule has 5 rings (SSSR count). The molecule has 1 fully saturated rings. The molecule has 0 unspecified atom stereocenters. The van der Waals surface area contributed by atoms with E-state index in [1.807, 2.05) is 0 Å². The number of carboxylic acid groups (broad SMARTS) is 1. The van der Waals surface area contributed by atoms with Gasteiger partial charge in [0.2, 0.25) is 0 Å². The number of anilines is 2. The molecule has 2 amide bonds. The lowest BCUT2D eigenvalue weighted by molar-refractivity contribution is 0.141. The largest absolute Gasteiger partial charge is 0.465 e. The van der Waals surface area contributed by atoms with Crippen LogP contribution in [-0.4, -0.2) is 51.6 Å². The highest BCUT2D eigenvalue weighted by Gasteiger charge is 2.35. The van der Waals surface area contributed by atoms with Crippen molar-refractivity contribution < 1.29 is 32.8 Å². The van der Waals surface area contributed by atoms with E-state index in [-0.39, 0.29) is 24.6 Å². The number of rotatable bonds is 6. The summed E-state index contributed by atoms with van der Waals surface area (Å²) in [5.74, 6) is 0.00699. The van der Waals surface area contributed by atoms with E-state index in [1.54, 1.807) is 18.2 Å². The normalized spacial score (nSPS) is 15.4. The van der Waals surface area contributed by atoms with Gasteiger partial charge in [-0.2, -0.15) is 0 Å². The Kier molecular flexibility index (Phi) is 5.38. The third-order valence-electron chi connectivity index (χ3n) is 5.22. The number of cyclic esters (lactones) is 1. The van der Waals surface area contributed by atoms with Gasteiger partial charge in [-0.05, 0) is 24.3 Å². The van der Waals surface area contributed by atoms with Crippen molar-refractivity contribution in [2.24, 2.45) is 0 Å². The number of ether oxygens (including phenoxy) is 1. The summed E-state index contributed by atoms with van der Waals surface area (Å²) in [4.78, 5) is 34.2. The molecule has 0 aliphatic carbocycles. The minimum absolute atomic E-state index is 0.0344. The van der Waals surface area contributed by atoms with Crippen LogP contribution in [0.4, 0.5) is 25.5 Å². The maximum atomic E-state index is 14.9. The molecule has 1 saturated heterocycles. The number of nitrogens with zero attached hydrogens (tertiary/aromatic N) is 5. The maximum Gasteiger partial charge on any atom is 0.414 e. The van der Waals surface area contributed by atoms with Crippen LogP contribution in [0.2, 0.25) is 0 Å². The van der Waals surface area contributed by atoms with E-state index in [1.165, 1.54) is 48.1 Å². The van der Waals surface area contributed by atoms with Gasteiger partial charge in [0.05, 0.1) is 25.0 Å². The van der Waals surface area contributed by atoms with Crippen molar-refractivity contribution in [3.63, 3.8) is 0 Å². The number of pyridine rings is 1. The molecule has 12 heteroatoms. The molecule has 172 valence electrons. The Morgan fingerprint density at radius 2 is 2.12 bits per heavy atom. The van der Waals surface area contributed by atoms with Crippen LogP contribution >= 0.6 is 0 Å². The second-order valence-corrected chi connectivity index (χ2v) is 7.33. The minimum atomic E-state index is -1.28. The topological polar surface area (TPSA) is 135 Å². The van der Waals surface area contributed by atoms with Crippen molar-refractivity contribution >= 4 is 23.7 Å². The summed E-state index contributed by atoms with van der Waals surface area (Å²) >= 11 is 0. The zero-order chi connectivity index (χ0) is 23.7. The van der Waals surface area contributed by atoms with Gasteiger partial charge >= 0.3 is 12.2 Å². The van der Waals surface area contributed by atoms with Crippen LogP contribution in [0.5, 0.6) is 0 Å². The average molecular weight is 465 g/mol. The number of aromatic nitrogens is 3. The molecule has 4 aromatic rings. The second kappa shape index (κ2) is 8.65. The Labute approximate surface area is 191 Å². The summed E-state index contributed by atoms with van der Waals surface area (Å²) in [6.07, 6.45) is 2.81. The Morgan fingerprint density at radius 1 is 1.24 bits per heavy atom. The summed E-state index contributed by atoms with van der Waals surface area (Å²) < 4.78 is 30.1. The monoisotopic (exact) mass is 465 g/mol. The fourth-order valence-electron chi connectivity index (χ4n) is 3.59. The van der Waals surface area contributed by atoms with Gasteiger partial charge in [0, 0.05) is 23.4 Å². The molecule has 0 radical (unpaired) electrons. The van der Waals surface area contributed by atoms with Crippen LogP contribution in [-0.2, 0) is 4.74 Å². The lowest BCUT2D eigenvalue weighted by atomic mass is 10.1. The molecular weight excluding hydrogens is 449 g/mol. The predicted molar refractivity (Wildman–Crippen MR) is 115 cm³/mol. The number of carbonyl (C=O) groups is 2. The first kappa shape index (κ1) is 21.1. The average Bonchev–Trinajstić information content (AvgIpc) is 3.60. The number of halogens is 1. The lowest BCUT2D eigenvalue weighted by Gasteiger charge is -2.19. The molecule has 11 nitrogen and oxygen atoms in total. The van der Waals surface area contributed by atoms with Crippen molar-refractivity contribution in [1.29, 1.82) is 0 Å². The lowest BCUT2D eigenvalue weighted by Crippen LogP contribution is -2.38. The molecular formula is C22H16FN5O6. The third-order valence-corrected chi connectivity index (χ3v) is 5.22. The molecule has 1 N–H and O–H groups in total. The van der Waals surface area contributed by atoms with E-state index >= 15 is 0 Å². The quantitative estimate of drug-likeness (QED) is 0.447. The third kappa shape index (κ3) is 4.03. The van der Waals surface area contributed by atoms with Crippen LogP contribution in [0.25, 0.3) is 22.6 Å². The molecule has 1 aliphatic heterocycles. The first-order chi connectivity index (χ1) is 16.5. The van der Waals surface area contributed by atoms with E-state index in [0.29, 0.717) is 22.6 Å². The van der Waals surface area contributed by atoms with Crippen molar-refractivity contribution in [3.8, 4) is 22.6 Å². The van der Waals surface area contributed by atoms with E-state index in [9.17, 15) is 19.1 Å².